The minimum atomic E-state index is -0.369. The molecule has 0 unspecified atom stereocenters. The number of Topliss-reactive ketones (excluding diaryl/α,β-unsaturated/α-hetero) is 1. The molecular formula is C22H25FN4O2S. The SMILES string of the molecule is C=CCn1c(SCC(=O)c2cc(C)n(CCOC)c2C)nnc1-c1ccccc1F. The van der Waals surface area contributed by atoms with E-state index in [1.54, 1.807) is 36.0 Å². The molecule has 8 heteroatoms. The molecule has 6 nitrogen and oxygen atoms in total. The monoisotopic (exact) mass is 428 g/mol. The predicted molar refractivity (Wildman–Crippen MR) is 116 cm³/mol. The van der Waals surface area contributed by atoms with Crippen molar-refractivity contribution >= 4 is 17.5 Å². The summed E-state index contributed by atoms with van der Waals surface area (Å²) in [7, 11) is 1.66. The molecule has 0 bridgehead atoms. The zero-order chi connectivity index (χ0) is 21.7. The van der Waals surface area contributed by atoms with E-state index in [2.05, 4.69) is 21.3 Å². The van der Waals surface area contributed by atoms with Crippen LogP contribution in [0.4, 0.5) is 4.39 Å². The van der Waals surface area contributed by atoms with Crippen LogP contribution in [0.15, 0.2) is 48.1 Å². The second-order valence-electron chi connectivity index (χ2n) is 6.83. The Balaban J connectivity index is 1.80. The lowest BCUT2D eigenvalue weighted by Gasteiger charge is -2.09. The highest BCUT2D eigenvalue weighted by Gasteiger charge is 2.20. The summed E-state index contributed by atoms with van der Waals surface area (Å²) in [5.41, 5.74) is 3.01. The molecule has 0 aliphatic carbocycles. The lowest BCUT2D eigenvalue weighted by atomic mass is 10.2. The van der Waals surface area contributed by atoms with Crippen molar-refractivity contribution in [2.45, 2.75) is 32.1 Å². The van der Waals surface area contributed by atoms with E-state index in [1.165, 1.54) is 17.8 Å². The molecule has 30 heavy (non-hydrogen) atoms. The van der Waals surface area contributed by atoms with Gasteiger partial charge in [0.2, 0.25) is 0 Å². The largest absolute Gasteiger partial charge is 0.383 e. The number of ether oxygens (including phenoxy) is 1. The Kier molecular flexibility index (Phi) is 7.23. The van der Waals surface area contributed by atoms with Gasteiger partial charge < -0.3 is 9.30 Å². The van der Waals surface area contributed by atoms with Gasteiger partial charge in [-0.05, 0) is 32.0 Å². The van der Waals surface area contributed by atoms with E-state index in [0.717, 1.165) is 11.4 Å². The van der Waals surface area contributed by atoms with E-state index in [4.69, 9.17) is 4.74 Å². The Bertz CT molecular complexity index is 1060. The average Bonchev–Trinajstić information content (AvgIpc) is 3.26. The fraction of sp³-hybridized carbons (Fsp3) is 0.318. The van der Waals surface area contributed by atoms with Gasteiger partial charge in [-0.25, -0.2) is 4.39 Å². The molecule has 0 atom stereocenters. The first kappa shape index (κ1) is 22.0. The maximum Gasteiger partial charge on any atom is 0.192 e. The first-order chi connectivity index (χ1) is 14.5. The number of benzene rings is 1. The van der Waals surface area contributed by atoms with Crippen molar-refractivity contribution in [2.75, 3.05) is 19.5 Å². The summed E-state index contributed by atoms with van der Waals surface area (Å²) in [6.45, 7) is 9.39. The van der Waals surface area contributed by atoms with Gasteiger partial charge in [0.25, 0.3) is 0 Å². The Labute approximate surface area is 179 Å². The molecule has 158 valence electrons. The van der Waals surface area contributed by atoms with Crippen molar-refractivity contribution in [3.63, 3.8) is 0 Å². The van der Waals surface area contributed by atoms with E-state index in [9.17, 15) is 9.18 Å². The van der Waals surface area contributed by atoms with Crippen molar-refractivity contribution in [1.29, 1.82) is 0 Å². The van der Waals surface area contributed by atoms with E-state index in [0.29, 0.717) is 41.8 Å². The van der Waals surface area contributed by atoms with E-state index in [-0.39, 0.29) is 17.4 Å². The number of carbonyl (C=O) groups is 1. The molecule has 2 aromatic heterocycles. The molecule has 0 fully saturated rings. The smallest absolute Gasteiger partial charge is 0.192 e. The summed E-state index contributed by atoms with van der Waals surface area (Å²) >= 11 is 1.29. The number of hydrogen-bond donors (Lipinski definition) is 0. The molecule has 0 radical (unpaired) electrons. The summed E-state index contributed by atoms with van der Waals surface area (Å²) in [5.74, 6) is 0.269. The third-order valence-electron chi connectivity index (χ3n) is 4.87. The molecule has 0 saturated heterocycles. The molecular weight excluding hydrogens is 403 g/mol. The van der Waals surface area contributed by atoms with Crippen molar-refractivity contribution in [3.05, 3.63) is 65.8 Å². The first-order valence-corrected chi connectivity index (χ1v) is 10.6. The second-order valence-corrected chi connectivity index (χ2v) is 7.77. The summed E-state index contributed by atoms with van der Waals surface area (Å²) in [5, 5.41) is 8.90. The normalized spacial score (nSPS) is 11.1. The van der Waals surface area contributed by atoms with Gasteiger partial charge in [-0.3, -0.25) is 9.36 Å². The molecule has 0 aliphatic heterocycles. The number of thioether (sulfide) groups is 1. The third kappa shape index (κ3) is 4.55. The number of carbonyl (C=O) groups excluding carboxylic acids is 1. The summed E-state index contributed by atoms with van der Waals surface area (Å²) < 4.78 is 23.2. The number of ketones is 1. The molecule has 3 rings (SSSR count). The maximum atomic E-state index is 14.2. The third-order valence-corrected chi connectivity index (χ3v) is 5.84. The highest BCUT2D eigenvalue weighted by molar-refractivity contribution is 7.99. The number of halogens is 1. The molecule has 0 amide bonds. The number of aromatic nitrogens is 4. The van der Waals surface area contributed by atoms with E-state index < -0.39 is 0 Å². The van der Waals surface area contributed by atoms with Crippen LogP contribution in [-0.4, -0.2) is 44.6 Å². The maximum absolute atomic E-state index is 14.2. The predicted octanol–water partition coefficient (Wildman–Crippen LogP) is 4.31. The fourth-order valence-corrected chi connectivity index (χ4v) is 4.18. The second kappa shape index (κ2) is 9.86. The van der Waals surface area contributed by atoms with Gasteiger partial charge in [0.1, 0.15) is 5.82 Å². The van der Waals surface area contributed by atoms with Gasteiger partial charge in [-0.15, -0.1) is 16.8 Å². The van der Waals surface area contributed by atoms with Crippen molar-refractivity contribution < 1.29 is 13.9 Å². The molecule has 0 N–H and O–H groups in total. The standard InChI is InChI=1S/C22H25FN4O2S/c1-5-10-27-21(17-8-6-7-9-19(17)23)24-25-22(27)30-14-20(28)18-13-15(2)26(16(18)3)11-12-29-4/h5-9,13H,1,10-12,14H2,2-4H3. The van der Waals surface area contributed by atoms with Crippen LogP contribution in [0.25, 0.3) is 11.4 Å². The van der Waals surface area contributed by atoms with Crippen LogP contribution < -0.4 is 0 Å². The summed E-state index contributed by atoms with van der Waals surface area (Å²) in [6, 6.07) is 8.34. The van der Waals surface area contributed by atoms with E-state index in [1.807, 2.05) is 19.9 Å². The molecule has 0 saturated carbocycles. The summed E-state index contributed by atoms with van der Waals surface area (Å²) in [6.07, 6.45) is 1.70. The van der Waals surface area contributed by atoms with Crippen LogP contribution >= 0.6 is 11.8 Å². The first-order valence-electron chi connectivity index (χ1n) is 9.58. The van der Waals surface area contributed by atoms with Crippen molar-refractivity contribution in [3.8, 4) is 11.4 Å². The summed E-state index contributed by atoms with van der Waals surface area (Å²) in [4.78, 5) is 12.9. The van der Waals surface area contributed by atoms with Crippen LogP contribution in [0.3, 0.4) is 0 Å². The highest BCUT2D eigenvalue weighted by Crippen LogP contribution is 2.27. The van der Waals surface area contributed by atoms with Gasteiger partial charge >= 0.3 is 0 Å². The van der Waals surface area contributed by atoms with Gasteiger partial charge in [-0.2, -0.15) is 0 Å². The quantitative estimate of drug-likeness (QED) is 0.274. The van der Waals surface area contributed by atoms with Gasteiger partial charge in [0.05, 0.1) is 17.9 Å². The lowest BCUT2D eigenvalue weighted by Crippen LogP contribution is -2.10. The van der Waals surface area contributed by atoms with Gasteiger partial charge in [0, 0.05) is 37.2 Å². The number of nitrogens with zero attached hydrogens (tertiary/aromatic N) is 4. The Morgan fingerprint density at radius 1 is 1.27 bits per heavy atom. The number of aryl methyl sites for hydroxylation is 1. The average molecular weight is 429 g/mol. The zero-order valence-electron chi connectivity index (χ0n) is 17.4. The van der Waals surface area contributed by atoms with E-state index >= 15 is 0 Å². The lowest BCUT2D eigenvalue weighted by molar-refractivity contribution is 0.102. The van der Waals surface area contributed by atoms with Crippen LogP contribution in [-0.2, 0) is 17.8 Å². The van der Waals surface area contributed by atoms with Crippen LogP contribution in [0, 0.1) is 19.7 Å². The Morgan fingerprint density at radius 2 is 2.03 bits per heavy atom. The van der Waals surface area contributed by atoms with Crippen LogP contribution in [0.1, 0.15) is 21.7 Å². The minimum Gasteiger partial charge on any atom is -0.383 e. The molecule has 3 aromatic rings. The van der Waals surface area contributed by atoms with Crippen LogP contribution in [0.5, 0.6) is 0 Å². The topological polar surface area (TPSA) is 61.9 Å². The van der Waals surface area contributed by atoms with Crippen LogP contribution in [0.2, 0.25) is 0 Å². The number of hydrogen-bond acceptors (Lipinski definition) is 5. The number of methoxy groups -OCH3 is 1. The fourth-order valence-electron chi connectivity index (χ4n) is 3.35. The van der Waals surface area contributed by atoms with Crippen molar-refractivity contribution in [1.82, 2.24) is 19.3 Å². The van der Waals surface area contributed by atoms with Crippen molar-refractivity contribution in [2.24, 2.45) is 0 Å². The van der Waals surface area contributed by atoms with Gasteiger partial charge in [0.15, 0.2) is 16.8 Å². The zero-order valence-corrected chi connectivity index (χ0v) is 18.2. The highest BCUT2D eigenvalue weighted by atomic mass is 32.2. The Hall–Kier alpha value is -2.71. The minimum absolute atomic E-state index is 0.0114. The Morgan fingerprint density at radius 3 is 2.73 bits per heavy atom. The van der Waals surface area contributed by atoms with Gasteiger partial charge in [-0.1, -0.05) is 30.0 Å². The molecule has 2 heterocycles. The number of allylic oxidation sites excluding steroid dienone is 1. The molecule has 0 spiro atoms. The number of rotatable bonds is 10. The molecule has 1 aromatic carbocycles. The molecule has 0 aliphatic rings.